The molecule has 0 spiro atoms. The molecule has 5 rings (SSSR count). The monoisotopic (exact) mass is 529 g/mol. The van der Waals surface area contributed by atoms with Crippen molar-refractivity contribution in [3.8, 4) is 16.9 Å². The third-order valence-electron chi connectivity index (χ3n) is 6.42. The number of carbonyl (C=O) groups excluding carboxylic acids is 1. The van der Waals surface area contributed by atoms with Crippen LogP contribution in [-0.4, -0.2) is 48.4 Å². The van der Waals surface area contributed by atoms with Gasteiger partial charge in [0.05, 0.1) is 13.2 Å². The summed E-state index contributed by atoms with van der Waals surface area (Å²) in [5.41, 5.74) is 8.86. The number of carbonyl (C=O) groups is 1. The minimum atomic E-state index is -0.595. The van der Waals surface area contributed by atoms with Gasteiger partial charge in [0.15, 0.2) is 0 Å². The molecule has 0 unspecified atom stereocenters. The third-order valence-corrected chi connectivity index (χ3v) is 6.42. The van der Waals surface area contributed by atoms with E-state index in [1.165, 1.54) is 4.90 Å². The number of cyclic esters (lactones) is 1. The van der Waals surface area contributed by atoms with Crippen LogP contribution in [0.5, 0.6) is 5.75 Å². The summed E-state index contributed by atoms with van der Waals surface area (Å²) in [5, 5.41) is 3.44. The molecule has 10 nitrogen and oxygen atoms in total. The number of fused-ring (bicyclic) bond motifs is 1. The summed E-state index contributed by atoms with van der Waals surface area (Å²) >= 11 is 0. The molecular weight excluding hydrogens is 498 g/mol. The Hall–Kier alpha value is -4.28. The number of anilines is 1. The molecule has 10 heteroatoms. The van der Waals surface area contributed by atoms with E-state index in [0.717, 1.165) is 41.5 Å². The first-order valence-electron chi connectivity index (χ1n) is 13.1. The van der Waals surface area contributed by atoms with Crippen LogP contribution in [-0.2, 0) is 11.3 Å². The third kappa shape index (κ3) is 6.78. The lowest BCUT2D eigenvalue weighted by Crippen LogP contribution is -2.26. The Bertz CT molecular complexity index is 1490. The number of ether oxygens (including phenoxy) is 2. The maximum absolute atomic E-state index is 12.4. The fraction of sp³-hybridized carbons (Fsp3) is 0.310. The number of benzene rings is 2. The maximum atomic E-state index is 12.4. The lowest BCUT2D eigenvalue weighted by atomic mass is 10.0. The second-order valence-electron chi connectivity index (χ2n) is 9.33. The molecular formula is C29H31N5O5. The molecule has 1 saturated heterocycles. The smallest absolute Gasteiger partial charge is 0.415 e. The van der Waals surface area contributed by atoms with Crippen LogP contribution in [0.25, 0.3) is 22.4 Å². The van der Waals surface area contributed by atoms with Crippen LogP contribution in [0.1, 0.15) is 24.8 Å². The van der Waals surface area contributed by atoms with E-state index in [1.54, 1.807) is 12.1 Å². The molecule has 0 bridgehead atoms. The van der Waals surface area contributed by atoms with Crippen molar-refractivity contribution in [1.82, 2.24) is 15.3 Å². The summed E-state index contributed by atoms with van der Waals surface area (Å²) in [6.07, 6.45) is 2.88. The highest BCUT2D eigenvalue weighted by Gasteiger charge is 2.33. The largest absolute Gasteiger partial charge is 0.494 e. The predicted octanol–water partition coefficient (Wildman–Crippen LogP) is 3.87. The zero-order valence-electron chi connectivity index (χ0n) is 21.5. The van der Waals surface area contributed by atoms with Crippen molar-refractivity contribution in [1.29, 1.82) is 0 Å². The lowest BCUT2D eigenvalue weighted by Gasteiger charge is -2.12. The lowest BCUT2D eigenvalue weighted by molar-refractivity contribution is 0.136. The van der Waals surface area contributed by atoms with Gasteiger partial charge >= 0.3 is 11.7 Å². The molecule has 2 aromatic carbocycles. The molecule has 0 radical (unpaired) electrons. The number of aromatic nitrogens is 2. The molecule has 3 heterocycles. The number of unbranched alkanes of at least 4 members (excludes halogenated alkanes) is 1. The van der Waals surface area contributed by atoms with Crippen LogP contribution >= 0.6 is 0 Å². The first-order valence-corrected chi connectivity index (χ1v) is 13.1. The van der Waals surface area contributed by atoms with Gasteiger partial charge in [-0.15, -0.1) is 0 Å². The van der Waals surface area contributed by atoms with Crippen molar-refractivity contribution < 1.29 is 18.7 Å². The first kappa shape index (κ1) is 26.3. The molecule has 0 saturated carbocycles. The molecule has 4 aromatic rings. The predicted molar refractivity (Wildman–Crippen MR) is 148 cm³/mol. The number of nitrogens with two attached hydrogens (primary N) is 1. The van der Waals surface area contributed by atoms with Crippen LogP contribution in [0.15, 0.2) is 76.1 Å². The van der Waals surface area contributed by atoms with Gasteiger partial charge in [-0.3, -0.25) is 4.90 Å². The van der Waals surface area contributed by atoms with Crippen LogP contribution < -0.4 is 26.3 Å². The Labute approximate surface area is 225 Å². The number of amides is 1. The first-order chi connectivity index (χ1) is 19.1. The van der Waals surface area contributed by atoms with Gasteiger partial charge in [-0.05, 0) is 79.4 Å². The normalized spacial score (nSPS) is 15.1. The van der Waals surface area contributed by atoms with Crippen molar-refractivity contribution in [2.45, 2.75) is 31.9 Å². The van der Waals surface area contributed by atoms with Crippen molar-refractivity contribution >= 4 is 23.1 Å². The average Bonchev–Trinajstić information content (AvgIpc) is 3.33. The molecule has 1 aliphatic heterocycles. The second-order valence-corrected chi connectivity index (χ2v) is 9.33. The topological polar surface area (TPSA) is 133 Å². The Morgan fingerprint density at radius 2 is 1.90 bits per heavy atom. The second kappa shape index (κ2) is 12.5. The van der Waals surface area contributed by atoms with Gasteiger partial charge in [0.1, 0.15) is 29.4 Å². The molecule has 1 aliphatic rings. The van der Waals surface area contributed by atoms with E-state index in [-0.39, 0.29) is 11.8 Å². The summed E-state index contributed by atoms with van der Waals surface area (Å²) in [5.74, 6) is 1.22. The van der Waals surface area contributed by atoms with Gasteiger partial charge in [-0.25, -0.2) is 14.6 Å². The maximum Gasteiger partial charge on any atom is 0.415 e. The van der Waals surface area contributed by atoms with Gasteiger partial charge in [0.2, 0.25) is 0 Å². The van der Waals surface area contributed by atoms with Crippen molar-refractivity contribution in [3.63, 3.8) is 0 Å². The molecule has 1 amide bonds. The molecule has 3 N–H and O–H groups in total. The van der Waals surface area contributed by atoms with Crippen molar-refractivity contribution in [2.75, 3.05) is 31.1 Å². The quantitative estimate of drug-likeness (QED) is 0.262. The van der Waals surface area contributed by atoms with E-state index < -0.39 is 11.7 Å². The van der Waals surface area contributed by atoms with E-state index in [9.17, 15) is 9.59 Å². The number of nitrogens with one attached hydrogen (secondary N) is 1. The van der Waals surface area contributed by atoms with Gasteiger partial charge in [0.25, 0.3) is 5.71 Å². The van der Waals surface area contributed by atoms with Gasteiger partial charge < -0.3 is 24.9 Å². The van der Waals surface area contributed by atoms with Gasteiger partial charge in [0, 0.05) is 6.54 Å². The highest BCUT2D eigenvalue weighted by atomic mass is 16.6. The van der Waals surface area contributed by atoms with E-state index in [2.05, 4.69) is 45.6 Å². The molecule has 1 atom stereocenters. The molecule has 2 aromatic heterocycles. The molecule has 1 fully saturated rings. The average molecular weight is 530 g/mol. The summed E-state index contributed by atoms with van der Waals surface area (Å²) in [6.45, 7) is 3.06. The van der Waals surface area contributed by atoms with Crippen LogP contribution in [0.2, 0.25) is 0 Å². The fourth-order valence-electron chi connectivity index (χ4n) is 4.41. The molecule has 0 aliphatic carbocycles. The summed E-state index contributed by atoms with van der Waals surface area (Å²) in [6, 6.07) is 19.8. The minimum absolute atomic E-state index is 0.0851. The van der Waals surface area contributed by atoms with Crippen molar-refractivity contribution in [2.24, 2.45) is 5.73 Å². The molecule has 202 valence electrons. The zero-order valence-corrected chi connectivity index (χ0v) is 21.5. The van der Waals surface area contributed by atoms with E-state index >= 15 is 0 Å². The van der Waals surface area contributed by atoms with E-state index in [0.29, 0.717) is 50.5 Å². The number of hydrogen-bond acceptors (Lipinski definition) is 9. The Morgan fingerprint density at radius 3 is 2.77 bits per heavy atom. The zero-order chi connectivity index (χ0) is 27.0. The number of pyridine rings is 1. The van der Waals surface area contributed by atoms with Crippen LogP contribution in [0.4, 0.5) is 10.6 Å². The Balaban J connectivity index is 1.12. The number of rotatable bonds is 12. The molecule has 39 heavy (non-hydrogen) atoms. The standard InChI is InChI=1S/C29H31N5O5/c30-12-1-2-14-37-23-8-4-7-22(16-23)21-6-3-5-20(15-21)17-31-13-11-24-19-34(29(36)38-24)26-10-9-25-28(33-26)39-27(35)18-32-25/h3-10,15-16,18,24,31H,1-2,11-14,17,19,30H2/t24-/m0/s1. The SMILES string of the molecule is NCCCCOc1cccc(-c2cccc(CNCC[C@H]3CN(c4ccc5ncc(=O)oc5n4)C(=O)O3)c2)c1. The number of hydrogen-bond donors (Lipinski definition) is 2. The van der Waals surface area contributed by atoms with Crippen LogP contribution in [0, 0.1) is 0 Å². The minimum Gasteiger partial charge on any atom is -0.494 e. The highest BCUT2D eigenvalue weighted by Crippen LogP contribution is 2.25. The Kier molecular flexibility index (Phi) is 8.45. The fourth-order valence-corrected chi connectivity index (χ4v) is 4.41. The van der Waals surface area contributed by atoms with Gasteiger partial charge in [-0.1, -0.05) is 30.3 Å². The van der Waals surface area contributed by atoms with Gasteiger partial charge in [-0.2, -0.15) is 4.98 Å². The van der Waals surface area contributed by atoms with E-state index in [4.69, 9.17) is 19.6 Å². The summed E-state index contributed by atoms with van der Waals surface area (Å²) < 4.78 is 16.5. The van der Waals surface area contributed by atoms with Crippen LogP contribution in [0.3, 0.4) is 0 Å². The highest BCUT2D eigenvalue weighted by molar-refractivity contribution is 5.89. The summed E-state index contributed by atoms with van der Waals surface area (Å²) in [4.78, 5) is 33.6. The number of nitrogens with zero attached hydrogens (tertiary/aromatic N) is 3. The Morgan fingerprint density at radius 1 is 1.05 bits per heavy atom. The summed E-state index contributed by atoms with van der Waals surface area (Å²) in [7, 11) is 0. The van der Waals surface area contributed by atoms with Crippen molar-refractivity contribution in [3.05, 3.63) is 82.8 Å². The van der Waals surface area contributed by atoms with E-state index in [1.807, 2.05) is 18.2 Å².